The molecule has 1 saturated carbocycles. The molecule has 2 atom stereocenters. The maximum atomic E-state index is 12.9. The van der Waals surface area contributed by atoms with Crippen molar-refractivity contribution in [1.29, 1.82) is 0 Å². The molecule has 0 bridgehead atoms. The Bertz CT molecular complexity index is 218. The molecule has 0 aromatic heterocycles. The molecule has 2 nitrogen and oxygen atoms in total. The van der Waals surface area contributed by atoms with E-state index in [0.29, 0.717) is 38.9 Å². The third-order valence-electron chi connectivity index (χ3n) is 3.71. The molecule has 1 aliphatic rings. The fourth-order valence-corrected chi connectivity index (χ4v) is 2.75. The third-order valence-corrected chi connectivity index (χ3v) is 3.71. The van der Waals surface area contributed by atoms with Gasteiger partial charge in [0.05, 0.1) is 5.92 Å². The van der Waals surface area contributed by atoms with Gasteiger partial charge in [-0.3, -0.25) is 0 Å². The molecule has 1 fully saturated rings. The lowest BCUT2D eigenvalue weighted by Crippen LogP contribution is -2.41. The van der Waals surface area contributed by atoms with Crippen molar-refractivity contribution in [3.63, 3.8) is 0 Å². The number of nitrogens with zero attached hydrogens (tertiary/aromatic N) is 1. The molecule has 0 heterocycles. The highest BCUT2D eigenvalue weighted by atomic mass is 19.4. The van der Waals surface area contributed by atoms with Crippen LogP contribution in [0.5, 0.6) is 0 Å². The van der Waals surface area contributed by atoms with Crippen molar-refractivity contribution in [1.82, 2.24) is 4.90 Å². The van der Waals surface area contributed by atoms with Crippen LogP contribution in [0, 0.1) is 11.8 Å². The minimum atomic E-state index is -4.03. The summed E-state index contributed by atoms with van der Waals surface area (Å²) < 4.78 is 38.7. The first-order valence-electron chi connectivity index (χ1n) is 6.48. The van der Waals surface area contributed by atoms with Gasteiger partial charge in [-0.25, -0.2) is 0 Å². The summed E-state index contributed by atoms with van der Waals surface area (Å²) in [4.78, 5) is 2.04. The maximum absolute atomic E-state index is 12.9. The summed E-state index contributed by atoms with van der Waals surface area (Å²) in [5, 5.41) is 0. The molecule has 1 rings (SSSR count). The maximum Gasteiger partial charge on any atom is 0.392 e. The van der Waals surface area contributed by atoms with Crippen LogP contribution < -0.4 is 5.73 Å². The molecule has 0 spiro atoms. The van der Waals surface area contributed by atoms with Gasteiger partial charge in [-0.15, -0.1) is 0 Å². The molecule has 5 heteroatoms. The Morgan fingerprint density at radius 1 is 1.24 bits per heavy atom. The van der Waals surface area contributed by atoms with Crippen LogP contribution in [0.25, 0.3) is 0 Å². The molecular weight excluding hydrogens is 229 g/mol. The fraction of sp³-hybridized carbons (Fsp3) is 1.00. The van der Waals surface area contributed by atoms with Gasteiger partial charge in [0.25, 0.3) is 0 Å². The molecule has 17 heavy (non-hydrogen) atoms. The Kier molecular flexibility index (Phi) is 5.73. The summed E-state index contributed by atoms with van der Waals surface area (Å²) in [5.41, 5.74) is 5.47. The van der Waals surface area contributed by atoms with Gasteiger partial charge in [0.15, 0.2) is 0 Å². The van der Waals surface area contributed by atoms with Crippen molar-refractivity contribution in [3.05, 3.63) is 0 Å². The Hall–Kier alpha value is -0.290. The van der Waals surface area contributed by atoms with Gasteiger partial charge >= 0.3 is 6.18 Å². The highest BCUT2D eigenvalue weighted by Crippen LogP contribution is 2.41. The predicted molar refractivity (Wildman–Crippen MR) is 62.7 cm³/mol. The van der Waals surface area contributed by atoms with Crippen molar-refractivity contribution < 1.29 is 13.2 Å². The second kappa shape index (κ2) is 6.59. The molecular formula is C12H23F3N2. The molecule has 2 unspecified atom stereocenters. The smallest absolute Gasteiger partial charge is 0.329 e. The SMILES string of the molecule is CCN(CCN)CC1CCCCC1C(F)(F)F. The highest BCUT2D eigenvalue weighted by molar-refractivity contribution is 4.82. The molecule has 102 valence electrons. The topological polar surface area (TPSA) is 29.3 Å². The molecule has 0 aromatic rings. The number of nitrogens with two attached hydrogens (primary N) is 1. The number of alkyl halides is 3. The zero-order chi connectivity index (χ0) is 12.9. The lowest BCUT2D eigenvalue weighted by atomic mass is 9.78. The van der Waals surface area contributed by atoms with E-state index in [1.165, 1.54) is 0 Å². The lowest BCUT2D eigenvalue weighted by molar-refractivity contribution is -0.197. The van der Waals surface area contributed by atoms with Crippen LogP contribution in [0.4, 0.5) is 13.2 Å². The highest BCUT2D eigenvalue weighted by Gasteiger charge is 2.45. The first-order chi connectivity index (χ1) is 7.99. The summed E-state index contributed by atoms with van der Waals surface area (Å²) in [6, 6.07) is 0. The van der Waals surface area contributed by atoms with E-state index in [4.69, 9.17) is 5.73 Å². The summed E-state index contributed by atoms with van der Waals surface area (Å²) >= 11 is 0. The molecule has 0 radical (unpaired) electrons. The average Bonchev–Trinajstić information content (AvgIpc) is 2.27. The standard InChI is InChI=1S/C12H23F3N2/c1-2-17(8-7-16)9-10-5-3-4-6-11(10)12(13,14)15/h10-11H,2-9,16H2,1H3. The van der Waals surface area contributed by atoms with Gasteiger partial charge in [0, 0.05) is 19.6 Å². The second-order valence-electron chi connectivity index (χ2n) is 4.87. The van der Waals surface area contributed by atoms with E-state index in [1.54, 1.807) is 0 Å². The Morgan fingerprint density at radius 3 is 2.41 bits per heavy atom. The van der Waals surface area contributed by atoms with Crippen LogP contribution in [0.15, 0.2) is 0 Å². The number of likely N-dealkylation sites (N-methyl/N-ethyl adjacent to an activating group) is 1. The Morgan fingerprint density at radius 2 is 1.88 bits per heavy atom. The summed E-state index contributed by atoms with van der Waals surface area (Å²) in [7, 11) is 0. The average molecular weight is 252 g/mol. The largest absolute Gasteiger partial charge is 0.392 e. The van der Waals surface area contributed by atoms with Crippen molar-refractivity contribution in [2.24, 2.45) is 17.6 Å². The first kappa shape index (κ1) is 14.8. The minimum Gasteiger partial charge on any atom is -0.329 e. The predicted octanol–water partition coefficient (Wildman–Crippen LogP) is 2.64. The normalized spacial score (nSPS) is 26.5. The molecule has 0 saturated heterocycles. The van der Waals surface area contributed by atoms with Gasteiger partial charge < -0.3 is 10.6 Å². The lowest BCUT2D eigenvalue weighted by Gasteiger charge is -2.36. The van der Waals surface area contributed by atoms with E-state index in [1.807, 2.05) is 11.8 Å². The van der Waals surface area contributed by atoms with E-state index in [0.717, 1.165) is 13.0 Å². The molecule has 0 aliphatic heterocycles. The number of hydrogen-bond acceptors (Lipinski definition) is 2. The van der Waals surface area contributed by atoms with Crippen molar-refractivity contribution in [2.45, 2.75) is 38.8 Å². The van der Waals surface area contributed by atoms with Gasteiger partial charge in [-0.2, -0.15) is 13.2 Å². The Balaban J connectivity index is 2.58. The minimum absolute atomic E-state index is 0.241. The van der Waals surface area contributed by atoms with Crippen LogP contribution in [0.3, 0.4) is 0 Å². The van der Waals surface area contributed by atoms with Crippen LogP contribution >= 0.6 is 0 Å². The summed E-state index contributed by atoms with van der Waals surface area (Å²) in [5.74, 6) is -1.35. The van der Waals surface area contributed by atoms with Crippen LogP contribution in [-0.4, -0.2) is 37.3 Å². The molecule has 0 aromatic carbocycles. The van der Waals surface area contributed by atoms with Crippen molar-refractivity contribution >= 4 is 0 Å². The number of hydrogen-bond donors (Lipinski definition) is 1. The molecule has 1 aliphatic carbocycles. The van der Waals surface area contributed by atoms with Crippen LogP contribution in [0.1, 0.15) is 32.6 Å². The van der Waals surface area contributed by atoms with Crippen LogP contribution in [0.2, 0.25) is 0 Å². The second-order valence-corrected chi connectivity index (χ2v) is 4.87. The van der Waals surface area contributed by atoms with Gasteiger partial charge in [0.1, 0.15) is 0 Å². The van der Waals surface area contributed by atoms with E-state index >= 15 is 0 Å². The van der Waals surface area contributed by atoms with Crippen molar-refractivity contribution in [3.8, 4) is 0 Å². The van der Waals surface area contributed by atoms with Gasteiger partial charge in [0.2, 0.25) is 0 Å². The molecule has 0 amide bonds. The van der Waals surface area contributed by atoms with E-state index < -0.39 is 12.1 Å². The van der Waals surface area contributed by atoms with Crippen molar-refractivity contribution in [2.75, 3.05) is 26.2 Å². The third kappa shape index (κ3) is 4.47. The monoisotopic (exact) mass is 252 g/mol. The number of rotatable bonds is 5. The molecule has 2 N–H and O–H groups in total. The summed E-state index contributed by atoms with van der Waals surface area (Å²) in [6.45, 7) is 4.49. The van der Waals surface area contributed by atoms with E-state index in [2.05, 4.69) is 0 Å². The van der Waals surface area contributed by atoms with Gasteiger partial charge in [-0.05, 0) is 25.3 Å². The Labute approximate surface area is 101 Å². The zero-order valence-corrected chi connectivity index (χ0v) is 10.5. The first-order valence-corrected chi connectivity index (χ1v) is 6.48. The zero-order valence-electron chi connectivity index (χ0n) is 10.5. The fourth-order valence-electron chi connectivity index (χ4n) is 2.75. The van der Waals surface area contributed by atoms with E-state index in [9.17, 15) is 13.2 Å². The summed E-state index contributed by atoms with van der Waals surface area (Å²) in [6.07, 6.45) is -1.39. The quantitative estimate of drug-likeness (QED) is 0.815. The van der Waals surface area contributed by atoms with Crippen LogP contribution in [-0.2, 0) is 0 Å². The van der Waals surface area contributed by atoms with Gasteiger partial charge in [-0.1, -0.05) is 19.8 Å². The van der Waals surface area contributed by atoms with E-state index in [-0.39, 0.29) is 5.92 Å². The number of halogens is 3.